The Morgan fingerprint density at radius 3 is 2.61 bits per heavy atom. The van der Waals surface area contributed by atoms with Gasteiger partial charge in [0.05, 0.1) is 13.3 Å². The fourth-order valence-corrected chi connectivity index (χ4v) is 2.57. The van der Waals surface area contributed by atoms with Crippen molar-refractivity contribution in [2.45, 2.75) is 13.1 Å². The van der Waals surface area contributed by atoms with E-state index in [4.69, 9.17) is 4.74 Å². The zero-order chi connectivity index (χ0) is 13.0. The Kier molecular flexibility index (Phi) is 4.58. The lowest BCUT2D eigenvalue weighted by molar-refractivity contribution is 0.153. The van der Waals surface area contributed by atoms with Crippen molar-refractivity contribution in [3.8, 4) is 5.75 Å². The smallest absolute Gasteiger partial charge is 0.121 e. The summed E-state index contributed by atoms with van der Waals surface area (Å²) in [6, 6.07) is 6.41. The summed E-state index contributed by atoms with van der Waals surface area (Å²) in [5.74, 6) is 0.953. The van der Waals surface area contributed by atoms with Gasteiger partial charge in [-0.1, -0.05) is 6.07 Å². The highest BCUT2D eigenvalue weighted by atomic mass is 16.5. The summed E-state index contributed by atoms with van der Waals surface area (Å²) in [5, 5.41) is 6.80. The van der Waals surface area contributed by atoms with E-state index in [0.29, 0.717) is 0 Å². The molecule has 0 saturated carbocycles. The van der Waals surface area contributed by atoms with Gasteiger partial charge in [-0.25, -0.2) is 0 Å². The molecule has 1 fully saturated rings. The second-order valence-corrected chi connectivity index (χ2v) is 4.71. The van der Waals surface area contributed by atoms with Gasteiger partial charge in [0, 0.05) is 26.2 Å². The van der Waals surface area contributed by atoms with Crippen LogP contribution in [0, 0.1) is 6.92 Å². The van der Waals surface area contributed by atoms with Crippen LogP contribution >= 0.6 is 0 Å². The molecule has 0 spiro atoms. The number of aryl methyl sites for hydroxylation is 1. The summed E-state index contributed by atoms with van der Waals surface area (Å²) >= 11 is 0. The SMILES string of the molecule is CNC(c1ccc(OC)c(C)c1)N1CCNCC1. The molecule has 1 aromatic carbocycles. The minimum Gasteiger partial charge on any atom is -0.496 e. The van der Waals surface area contributed by atoms with Crippen molar-refractivity contribution < 1.29 is 4.74 Å². The van der Waals surface area contributed by atoms with Crippen LogP contribution in [-0.2, 0) is 0 Å². The molecule has 4 nitrogen and oxygen atoms in total. The van der Waals surface area contributed by atoms with E-state index in [1.54, 1.807) is 7.11 Å². The average molecular weight is 249 g/mol. The van der Waals surface area contributed by atoms with Gasteiger partial charge in [0.25, 0.3) is 0 Å². The third-order valence-corrected chi connectivity index (χ3v) is 3.52. The van der Waals surface area contributed by atoms with Gasteiger partial charge in [0.15, 0.2) is 0 Å². The lowest BCUT2D eigenvalue weighted by Crippen LogP contribution is -2.48. The number of rotatable bonds is 4. The molecule has 1 atom stereocenters. The molecular formula is C14H23N3O. The molecule has 1 aliphatic rings. The van der Waals surface area contributed by atoms with Crippen LogP contribution < -0.4 is 15.4 Å². The molecule has 4 heteroatoms. The van der Waals surface area contributed by atoms with E-state index in [2.05, 4.69) is 40.7 Å². The lowest BCUT2D eigenvalue weighted by atomic mass is 10.1. The van der Waals surface area contributed by atoms with Crippen LogP contribution in [0.2, 0.25) is 0 Å². The molecule has 0 aromatic heterocycles. The first-order valence-corrected chi connectivity index (χ1v) is 6.53. The van der Waals surface area contributed by atoms with Crippen molar-refractivity contribution in [2.75, 3.05) is 40.3 Å². The third-order valence-electron chi connectivity index (χ3n) is 3.52. The summed E-state index contributed by atoms with van der Waals surface area (Å²) in [7, 11) is 3.74. The van der Waals surface area contributed by atoms with Crippen molar-refractivity contribution in [1.29, 1.82) is 0 Å². The first-order chi connectivity index (χ1) is 8.76. The van der Waals surface area contributed by atoms with E-state index >= 15 is 0 Å². The van der Waals surface area contributed by atoms with Crippen molar-refractivity contribution in [3.05, 3.63) is 29.3 Å². The van der Waals surface area contributed by atoms with E-state index in [1.165, 1.54) is 11.1 Å². The first kappa shape index (κ1) is 13.3. The number of hydrogen-bond donors (Lipinski definition) is 2. The van der Waals surface area contributed by atoms with Crippen LogP contribution in [0.1, 0.15) is 17.3 Å². The molecule has 0 radical (unpaired) electrons. The van der Waals surface area contributed by atoms with Gasteiger partial charge in [0.1, 0.15) is 5.75 Å². The minimum atomic E-state index is 0.289. The van der Waals surface area contributed by atoms with Crippen molar-refractivity contribution in [2.24, 2.45) is 0 Å². The molecule has 0 aliphatic carbocycles. The van der Waals surface area contributed by atoms with Gasteiger partial charge in [-0.15, -0.1) is 0 Å². The Hall–Kier alpha value is -1.10. The zero-order valence-corrected chi connectivity index (χ0v) is 11.5. The molecule has 1 unspecified atom stereocenters. The Balaban J connectivity index is 2.18. The van der Waals surface area contributed by atoms with E-state index < -0.39 is 0 Å². The van der Waals surface area contributed by atoms with Gasteiger partial charge < -0.3 is 15.4 Å². The Bertz CT molecular complexity index is 389. The second-order valence-electron chi connectivity index (χ2n) is 4.71. The Labute approximate surface area is 109 Å². The normalized spacial score (nSPS) is 18.6. The van der Waals surface area contributed by atoms with Crippen LogP contribution in [0.3, 0.4) is 0 Å². The van der Waals surface area contributed by atoms with E-state index in [-0.39, 0.29) is 6.17 Å². The number of ether oxygens (including phenoxy) is 1. The number of nitrogens with zero attached hydrogens (tertiary/aromatic N) is 1. The maximum atomic E-state index is 5.31. The maximum Gasteiger partial charge on any atom is 0.121 e. The van der Waals surface area contributed by atoms with Crippen molar-refractivity contribution in [1.82, 2.24) is 15.5 Å². The third kappa shape index (κ3) is 2.83. The zero-order valence-electron chi connectivity index (χ0n) is 11.5. The van der Waals surface area contributed by atoms with Gasteiger partial charge in [-0.2, -0.15) is 0 Å². The van der Waals surface area contributed by atoms with Crippen LogP contribution in [0.15, 0.2) is 18.2 Å². The first-order valence-electron chi connectivity index (χ1n) is 6.53. The van der Waals surface area contributed by atoms with Gasteiger partial charge in [-0.3, -0.25) is 4.90 Å². The van der Waals surface area contributed by atoms with E-state index in [0.717, 1.165) is 31.9 Å². The Morgan fingerprint density at radius 1 is 1.33 bits per heavy atom. The van der Waals surface area contributed by atoms with Crippen LogP contribution in [0.4, 0.5) is 0 Å². The van der Waals surface area contributed by atoms with Crippen LogP contribution in [-0.4, -0.2) is 45.2 Å². The highest BCUT2D eigenvalue weighted by Crippen LogP contribution is 2.24. The number of hydrogen-bond acceptors (Lipinski definition) is 4. The van der Waals surface area contributed by atoms with Gasteiger partial charge in [-0.05, 0) is 37.2 Å². The van der Waals surface area contributed by atoms with Crippen LogP contribution in [0.5, 0.6) is 5.75 Å². The molecule has 1 aromatic rings. The predicted octanol–water partition coefficient (Wildman–Crippen LogP) is 1.13. The molecular weight excluding hydrogens is 226 g/mol. The van der Waals surface area contributed by atoms with Gasteiger partial charge >= 0.3 is 0 Å². The predicted molar refractivity (Wildman–Crippen MR) is 74.0 cm³/mol. The molecule has 0 amide bonds. The number of methoxy groups -OCH3 is 1. The topological polar surface area (TPSA) is 36.5 Å². The second kappa shape index (κ2) is 6.18. The largest absolute Gasteiger partial charge is 0.496 e. The minimum absolute atomic E-state index is 0.289. The van der Waals surface area contributed by atoms with E-state index in [9.17, 15) is 0 Å². The average Bonchev–Trinajstić information content (AvgIpc) is 2.41. The summed E-state index contributed by atoms with van der Waals surface area (Å²) in [4.78, 5) is 2.47. The van der Waals surface area contributed by atoms with Crippen molar-refractivity contribution in [3.63, 3.8) is 0 Å². The Morgan fingerprint density at radius 2 is 2.06 bits per heavy atom. The fraction of sp³-hybridized carbons (Fsp3) is 0.571. The molecule has 100 valence electrons. The molecule has 1 heterocycles. The van der Waals surface area contributed by atoms with E-state index in [1.807, 2.05) is 7.05 Å². The molecule has 1 aliphatic heterocycles. The molecule has 0 bridgehead atoms. The molecule has 1 saturated heterocycles. The molecule has 18 heavy (non-hydrogen) atoms. The number of benzene rings is 1. The summed E-state index contributed by atoms with van der Waals surface area (Å²) < 4.78 is 5.31. The van der Waals surface area contributed by atoms with Gasteiger partial charge in [0.2, 0.25) is 0 Å². The number of piperazine rings is 1. The summed E-state index contributed by atoms with van der Waals surface area (Å²) in [6.45, 7) is 6.38. The number of nitrogens with one attached hydrogen (secondary N) is 2. The quantitative estimate of drug-likeness (QED) is 0.838. The highest BCUT2D eigenvalue weighted by molar-refractivity contribution is 5.37. The summed E-state index contributed by atoms with van der Waals surface area (Å²) in [5.41, 5.74) is 2.49. The fourth-order valence-electron chi connectivity index (χ4n) is 2.57. The van der Waals surface area contributed by atoms with Crippen molar-refractivity contribution >= 4 is 0 Å². The van der Waals surface area contributed by atoms with Crippen LogP contribution in [0.25, 0.3) is 0 Å². The monoisotopic (exact) mass is 249 g/mol. The molecule has 2 N–H and O–H groups in total. The lowest BCUT2D eigenvalue weighted by Gasteiger charge is -2.35. The highest BCUT2D eigenvalue weighted by Gasteiger charge is 2.20. The summed E-state index contributed by atoms with van der Waals surface area (Å²) in [6.07, 6.45) is 0.289. The molecule has 2 rings (SSSR count). The standard InChI is InChI=1S/C14H23N3O/c1-11-10-12(4-5-13(11)18-3)14(15-2)17-8-6-16-7-9-17/h4-5,10,14-16H,6-9H2,1-3H3. The maximum absolute atomic E-state index is 5.31.